The summed E-state index contributed by atoms with van der Waals surface area (Å²) in [5.74, 6) is 0. The molecular weight excluding hydrogens is 1220 g/mol. The van der Waals surface area contributed by atoms with Gasteiger partial charge in [0.15, 0.2) is 0 Å². The van der Waals surface area contributed by atoms with Crippen LogP contribution in [0.3, 0.4) is 0 Å². The van der Waals surface area contributed by atoms with Gasteiger partial charge in [-0.3, -0.25) is 0 Å². The van der Waals surface area contributed by atoms with Gasteiger partial charge in [-0.15, -0.1) is 0 Å². The van der Waals surface area contributed by atoms with Crippen molar-refractivity contribution in [2.45, 2.75) is 96.3 Å². The Kier molecular flexibility index (Phi) is 12.3. The molecule has 2 heterocycles. The second kappa shape index (κ2) is 20.9. The van der Waals surface area contributed by atoms with E-state index in [4.69, 9.17) is 0 Å². The Morgan fingerprint density at radius 2 is 0.475 bits per heavy atom. The molecule has 0 N–H and O–H groups in total. The van der Waals surface area contributed by atoms with Gasteiger partial charge in [-0.25, -0.2) is 0 Å². The molecule has 0 aliphatic heterocycles. The van der Waals surface area contributed by atoms with Crippen molar-refractivity contribution in [1.82, 2.24) is 9.13 Å². The zero-order valence-electron chi connectivity index (χ0n) is 59.1. The first kappa shape index (κ1) is 59.7. The molecule has 2 nitrogen and oxygen atoms in total. The molecule has 0 saturated carbocycles. The van der Waals surface area contributed by atoms with Crippen LogP contribution in [0.5, 0.6) is 0 Å². The Bertz CT molecular complexity index is 5870. The average Bonchev–Trinajstić information content (AvgIpc) is 1.51. The monoisotopic (exact) mass is 1290 g/mol. The maximum absolute atomic E-state index is 2.56. The summed E-state index contributed by atoms with van der Waals surface area (Å²) in [5, 5.41) is 5.07. The molecule has 14 aromatic carbocycles. The van der Waals surface area contributed by atoms with Crippen LogP contribution < -0.4 is 0 Å². The van der Waals surface area contributed by atoms with E-state index in [0.29, 0.717) is 0 Å². The van der Waals surface area contributed by atoms with Crippen molar-refractivity contribution in [1.29, 1.82) is 0 Å². The first-order valence-corrected chi connectivity index (χ1v) is 36.2. The molecule has 0 bridgehead atoms. The number of nitrogens with zero attached hydrogens (tertiary/aromatic N) is 2. The molecule has 0 saturated heterocycles. The maximum Gasteiger partial charge on any atom is 0.0725 e. The van der Waals surface area contributed by atoms with Crippen molar-refractivity contribution in [3.63, 3.8) is 0 Å². The molecule has 0 amide bonds. The molecule has 101 heavy (non-hydrogen) atoms. The highest BCUT2D eigenvalue weighted by molar-refractivity contribution is 6.12. The Hall–Kier alpha value is -11.3. The molecule has 0 atom stereocenters. The van der Waals surface area contributed by atoms with Crippen LogP contribution in [0.1, 0.15) is 125 Å². The third-order valence-corrected chi connectivity index (χ3v) is 24.1. The Morgan fingerprint density at radius 1 is 0.218 bits per heavy atom. The molecule has 1 spiro atoms. The summed E-state index contributed by atoms with van der Waals surface area (Å²) in [6.45, 7) is 23.4. The van der Waals surface area contributed by atoms with Gasteiger partial charge in [0.1, 0.15) is 0 Å². The van der Waals surface area contributed by atoms with E-state index in [0.717, 1.165) is 0 Å². The molecule has 0 unspecified atom stereocenters. The summed E-state index contributed by atoms with van der Waals surface area (Å²) in [6, 6.07) is 112. The van der Waals surface area contributed by atoms with Crippen LogP contribution in [0, 0.1) is 0 Å². The fourth-order valence-corrected chi connectivity index (χ4v) is 18.8. The minimum atomic E-state index is -0.527. The topological polar surface area (TPSA) is 9.86 Å². The third-order valence-electron chi connectivity index (χ3n) is 24.1. The van der Waals surface area contributed by atoms with E-state index in [1.165, 1.54) is 200 Å². The summed E-state index contributed by atoms with van der Waals surface area (Å²) < 4.78 is 4.86. The van der Waals surface area contributed by atoms with Crippen molar-refractivity contribution >= 4 is 43.6 Å². The number of para-hydroxylation sites is 2. The van der Waals surface area contributed by atoms with Gasteiger partial charge >= 0.3 is 0 Å². The smallest absolute Gasteiger partial charge is 0.0725 e. The molecule has 0 fully saturated rings. The summed E-state index contributed by atoms with van der Waals surface area (Å²) in [7, 11) is 0. The fraction of sp³-hybridized carbons (Fsp3) is 0.152. The quantitative estimate of drug-likeness (QED) is 0.157. The maximum atomic E-state index is 2.56. The zero-order chi connectivity index (χ0) is 68.4. The molecular formula is C99H78N2. The van der Waals surface area contributed by atoms with Gasteiger partial charge in [-0.05, 0) is 253 Å². The minimum Gasteiger partial charge on any atom is -0.309 e. The van der Waals surface area contributed by atoms with Gasteiger partial charge in [0.2, 0.25) is 0 Å². The molecule has 2 heteroatoms. The number of aromatic nitrogens is 2. The Balaban J connectivity index is 0.639. The Labute approximate surface area is 592 Å². The highest BCUT2D eigenvalue weighted by atomic mass is 15.0. The molecule has 16 aromatic rings. The number of hydrogen-bond donors (Lipinski definition) is 0. The van der Waals surface area contributed by atoms with Crippen LogP contribution in [0.2, 0.25) is 0 Å². The van der Waals surface area contributed by atoms with E-state index in [2.05, 4.69) is 370 Å². The standard InChI is InChI=1S/C99H78N2/c1-95(2,3)67-35-39-69(40-36-67)100-91-25-17-13-21-79(91)81-51-59(33-49-93(81)100)61-27-43-73-75-45-29-63(55-87(75)97(7,8)85(73)53-61)65-31-47-77-78-48-32-66(58-90(78)99(89(77)57-65)83-23-15-11-19-71(83)72-20-12-16-24-84(72)99)64-30-46-76-74-44-28-62(54-86(74)98(9,10)88(76)56-64)60-34-50-94-82(52-60)80-22-14-18-26-92(80)101(94)70-41-37-68(38-42-70)96(4,5)6/h11-58H,1-10H3. The lowest BCUT2D eigenvalue weighted by molar-refractivity contribution is 0.590. The fourth-order valence-electron chi connectivity index (χ4n) is 18.8. The number of fused-ring (bicyclic) bond motifs is 22. The highest BCUT2D eigenvalue weighted by Gasteiger charge is 2.52. The molecule has 4 aliphatic carbocycles. The highest BCUT2D eigenvalue weighted by Crippen LogP contribution is 2.64. The normalized spacial score (nSPS) is 14.7. The van der Waals surface area contributed by atoms with Crippen LogP contribution in [0.4, 0.5) is 0 Å². The summed E-state index contributed by atoms with van der Waals surface area (Å²) in [6.07, 6.45) is 0. The van der Waals surface area contributed by atoms with E-state index in [9.17, 15) is 0 Å². The van der Waals surface area contributed by atoms with Gasteiger partial charge in [0.05, 0.1) is 27.5 Å². The minimum absolute atomic E-state index is 0.0894. The second-order valence-electron chi connectivity index (χ2n) is 32.4. The van der Waals surface area contributed by atoms with E-state index in [1.54, 1.807) is 0 Å². The number of benzene rings is 14. The largest absolute Gasteiger partial charge is 0.309 e. The number of rotatable bonds is 6. The molecule has 20 rings (SSSR count). The van der Waals surface area contributed by atoms with Crippen LogP contribution in [0.25, 0.3) is 144 Å². The molecule has 484 valence electrons. The lowest BCUT2D eigenvalue weighted by Crippen LogP contribution is -2.26. The van der Waals surface area contributed by atoms with Crippen LogP contribution in [-0.2, 0) is 27.1 Å². The van der Waals surface area contributed by atoms with Gasteiger partial charge in [-0.1, -0.05) is 263 Å². The average molecular weight is 1300 g/mol. The van der Waals surface area contributed by atoms with E-state index in [1.807, 2.05) is 0 Å². The Morgan fingerprint density at radius 3 is 0.812 bits per heavy atom. The lowest BCUT2D eigenvalue weighted by atomic mass is 9.70. The SMILES string of the molecule is CC(C)(C)c1ccc(-n2c3ccccc3c3cc(-c4ccc5c(c4)C(C)(C)c4cc(-c6ccc7c(c6)C6(c8ccccc8-c8ccccc86)c6cc(-c8ccc9c(c8)C(C)(C)c8cc(-c%10ccc%11c(c%10)c%10ccccc%10n%11-c%10ccc(C(C)(C)C)cc%10)ccc8-9)ccc6-7)ccc4-5)ccc32)cc1. The summed E-state index contributed by atoms with van der Waals surface area (Å²) in [4.78, 5) is 0. The van der Waals surface area contributed by atoms with Crippen molar-refractivity contribution < 1.29 is 0 Å². The van der Waals surface area contributed by atoms with E-state index in [-0.39, 0.29) is 21.7 Å². The lowest BCUT2D eigenvalue weighted by Gasteiger charge is -2.31. The van der Waals surface area contributed by atoms with Gasteiger partial charge in [0.25, 0.3) is 0 Å². The zero-order valence-corrected chi connectivity index (χ0v) is 59.1. The van der Waals surface area contributed by atoms with Crippen molar-refractivity contribution in [3.05, 3.63) is 347 Å². The molecule has 0 radical (unpaired) electrons. The first-order chi connectivity index (χ1) is 48.8. The first-order valence-electron chi connectivity index (χ1n) is 36.2. The van der Waals surface area contributed by atoms with Gasteiger partial charge in [-0.2, -0.15) is 0 Å². The molecule has 4 aliphatic rings. The number of hydrogen-bond acceptors (Lipinski definition) is 0. The third kappa shape index (κ3) is 8.46. The second-order valence-corrected chi connectivity index (χ2v) is 32.4. The molecule has 2 aromatic heterocycles. The predicted molar refractivity (Wildman–Crippen MR) is 426 cm³/mol. The van der Waals surface area contributed by atoms with Crippen molar-refractivity contribution in [2.75, 3.05) is 0 Å². The van der Waals surface area contributed by atoms with Crippen LogP contribution >= 0.6 is 0 Å². The van der Waals surface area contributed by atoms with E-state index < -0.39 is 5.41 Å². The van der Waals surface area contributed by atoms with Gasteiger partial charge < -0.3 is 9.13 Å². The van der Waals surface area contributed by atoms with Crippen LogP contribution in [0.15, 0.2) is 291 Å². The van der Waals surface area contributed by atoms with Crippen LogP contribution in [-0.4, -0.2) is 9.13 Å². The predicted octanol–water partition coefficient (Wildman–Crippen LogP) is 26.1. The van der Waals surface area contributed by atoms with E-state index >= 15 is 0 Å². The van der Waals surface area contributed by atoms with Crippen molar-refractivity contribution in [3.8, 4) is 100 Å². The summed E-state index contributed by atoms with van der Waals surface area (Å²) in [5.41, 5.74) is 40.4. The van der Waals surface area contributed by atoms with Gasteiger partial charge in [0, 0.05) is 43.7 Å². The van der Waals surface area contributed by atoms with Crippen molar-refractivity contribution in [2.24, 2.45) is 0 Å². The summed E-state index contributed by atoms with van der Waals surface area (Å²) >= 11 is 0.